The van der Waals surface area contributed by atoms with Crippen molar-refractivity contribution >= 4 is 21.7 Å². The van der Waals surface area contributed by atoms with E-state index in [9.17, 15) is 22.4 Å². The number of alkyl halides is 1. The maximum absolute atomic E-state index is 13.5. The SMILES string of the molecule is CC(CN(C)C(=O)CN1CCS(=O)(=O)CC1)NC(=O)C(C)(C)F. The molecule has 2 amide bonds. The number of hydrogen-bond acceptors (Lipinski definition) is 5. The van der Waals surface area contributed by atoms with Crippen LogP contribution in [-0.2, 0) is 19.4 Å². The number of nitrogens with one attached hydrogen (secondary N) is 1. The Balaban J connectivity index is 2.41. The van der Waals surface area contributed by atoms with Gasteiger partial charge in [-0.15, -0.1) is 0 Å². The van der Waals surface area contributed by atoms with Crippen LogP contribution in [0.3, 0.4) is 0 Å². The van der Waals surface area contributed by atoms with Crippen LogP contribution in [0, 0.1) is 0 Å². The second-order valence-corrected chi connectivity index (χ2v) is 8.85. The van der Waals surface area contributed by atoms with Crippen LogP contribution in [0.1, 0.15) is 20.8 Å². The molecule has 1 N–H and O–H groups in total. The summed E-state index contributed by atoms with van der Waals surface area (Å²) < 4.78 is 36.2. The number of halogens is 1. The Bertz CT molecular complexity index is 531. The number of carbonyl (C=O) groups is 2. The van der Waals surface area contributed by atoms with E-state index in [1.165, 1.54) is 18.7 Å². The van der Waals surface area contributed by atoms with Gasteiger partial charge in [0.05, 0.1) is 18.1 Å². The summed E-state index contributed by atoms with van der Waals surface area (Å²) in [6.07, 6.45) is 0. The summed E-state index contributed by atoms with van der Waals surface area (Å²) >= 11 is 0. The van der Waals surface area contributed by atoms with Gasteiger partial charge in [-0.1, -0.05) is 0 Å². The van der Waals surface area contributed by atoms with Crippen molar-refractivity contribution in [1.82, 2.24) is 15.1 Å². The van der Waals surface area contributed by atoms with Crippen molar-refractivity contribution in [3.05, 3.63) is 0 Å². The van der Waals surface area contributed by atoms with Crippen molar-refractivity contribution in [2.75, 3.05) is 44.7 Å². The van der Waals surface area contributed by atoms with E-state index in [0.29, 0.717) is 13.1 Å². The number of hydrogen-bond donors (Lipinski definition) is 1. The van der Waals surface area contributed by atoms with Gasteiger partial charge in [0.1, 0.15) is 0 Å². The Labute approximate surface area is 137 Å². The van der Waals surface area contributed by atoms with E-state index >= 15 is 0 Å². The molecule has 1 saturated heterocycles. The lowest BCUT2D eigenvalue weighted by Gasteiger charge is -2.29. The monoisotopic (exact) mass is 351 g/mol. The zero-order chi connectivity index (χ0) is 17.8. The molecule has 0 radical (unpaired) electrons. The van der Waals surface area contributed by atoms with E-state index in [4.69, 9.17) is 0 Å². The molecule has 1 aliphatic rings. The molecule has 0 aromatic heterocycles. The fourth-order valence-electron chi connectivity index (χ4n) is 2.17. The molecular weight excluding hydrogens is 325 g/mol. The number of amides is 2. The van der Waals surface area contributed by atoms with Crippen LogP contribution in [0.15, 0.2) is 0 Å². The van der Waals surface area contributed by atoms with Gasteiger partial charge in [-0.05, 0) is 20.8 Å². The van der Waals surface area contributed by atoms with Gasteiger partial charge in [0.25, 0.3) is 5.91 Å². The fourth-order valence-corrected chi connectivity index (χ4v) is 3.45. The lowest BCUT2D eigenvalue weighted by molar-refractivity contribution is -0.134. The minimum Gasteiger partial charge on any atom is -0.349 e. The molecule has 1 fully saturated rings. The Kier molecular flexibility index (Phi) is 6.52. The van der Waals surface area contributed by atoms with Gasteiger partial charge in [0.2, 0.25) is 5.91 Å². The van der Waals surface area contributed by atoms with Crippen LogP contribution in [0.25, 0.3) is 0 Å². The van der Waals surface area contributed by atoms with E-state index in [0.717, 1.165) is 0 Å². The van der Waals surface area contributed by atoms with Gasteiger partial charge in [-0.3, -0.25) is 14.5 Å². The van der Waals surface area contributed by atoms with Crippen molar-refractivity contribution < 1.29 is 22.4 Å². The largest absolute Gasteiger partial charge is 0.349 e. The van der Waals surface area contributed by atoms with Crippen LogP contribution < -0.4 is 5.32 Å². The number of nitrogens with zero attached hydrogens (tertiary/aromatic N) is 2. The van der Waals surface area contributed by atoms with Gasteiger partial charge in [0, 0.05) is 32.7 Å². The molecule has 0 aromatic carbocycles. The topological polar surface area (TPSA) is 86.8 Å². The highest BCUT2D eigenvalue weighted by Gasteiger charge is 2.28. The van der Waals surface area contributed by atoms with Crippen molar-refractivity contribution in [3.63, 3.8) is 0 Å². The molecule has 1 heterocycles. The van der Waals surface area contributed by atoms with Gasteiger partial charge in [-0.25, -0.2) is 12.8 Å². The number of likely N-dealkylation sites (N-methyl/N-ethyl adjacent to an activating group) is 1. The highest BCUT2D eigenvalue weighted by molar-refractivity contribution is 7.91. The van der Waals surface area contributed by atoms with E-state index < -0.39 is 21.4 Å². The number of carbonyl (C=O) groups excluding carboxylic acids is 2. The predicted octanol–water partition coefficient (Wildman–Crippen LogP) is -0.572. The minimum atomic E-state index is -2.97. The number of rotatable bonds is 6. The van der Waals surface area contributed by atoms with E-state index in [1.54, 1.807) is 18.9 Å². The standard InChI is InChI=1S/C14H26FN3O4S/c1-11(16-13(20)14(2,3)15)9-17(4)12(19)10-18-5-7-23(21,22)8-6-18/h11H,5-10H2,1-4H3,(H,16,20). The third-order valence-electron chi connectivity index (χ3n) is 3.69. The van der Waals surface area contributed by atoms with E-state index in [2.05, 4.69) is 5.32 Å². The van der Waals surface area contributed by atoms with Crippen molar-refractivity contribution in [3.8, 4) is 0 Å². The van der Waals surface area contributed by atoms with Crippen molar-refractivity contribution in [1.29, 1.82) is 0 Å². The molecule has 0 bridgehead atoms. The summed E-state index contributed by atoms with van der Waals surface area (Å²) in [5, 5.41) is 2.52. The fraction of sp³-hybridized carbons (Fsp3) is 0.857. The van der Waals surface area contributed by atoms with Crippen LogP contribution in [0.4, 0.5) is 4.39 Å². The molecule has 23 heavy (non-hydrogen) atoms. The van der Waals surface area contributed by atoms with Crippen molar-refractivity contribution in [2.45, 2.75) is 32.5 Å². The Hall–Kier alpha value is -1.22. The molecule has 134 valence electrons. The first-order valence-corrected chi connectivity index (χ1v) is 9.39. The molecular formula is C14H26FN3O4S. The summed E-state index contributed by atoms with van der Waals surface area (Å²) in [6.45, 7) is 5.14. The van der Waals surface area contributed by atoms with Crippen LogP contribution in [0.2, 0.25) is 0 Å². The molecule has 0 aliphatic carbocycles. The normalized spacial score (nSPS) is 19.9. The predicted molar refractivity (Wildman–Crippen MR) is 85.5 cm³/mol. The maximum atomic E-state index is 13.5. The highest BCUT2D eigenvalue weighted by atomic mass is 32.2. The maximum Gasteiger partial charge on any atom is 0.257 e. The van der Waals surface area contributed by atoms with Gasteiger partial charge in [0.15, 0.2) is 15.5 Å². The molecule has 0 aromatic rings. The third kappa shape index (κ3) is 6.82. The van der Waals surface area contributed by atoms with E-state index in [1.807, 2.05) is 0 Å². The quantitative estimate of drug-likeness (QED) is 0.692. The molecule has 1 unspecified atom stereocenters. The Morgan fingerprint density at radius 3 is 2.30 bits per heavy atom. The zero-order valence-corrected chi connectivity index (χ0v) is 15.0. The summed E-state index contributed by atoms with van der Waals surface area (Å²) in [5.41, 5.74) is -1.96. The lowest BCUT2D eigenvalue weighted by atomic mass is 10.1. The molecule has 1 aliphatic heterocycles. The molecule has 9 heteroatoms. The molecule has 1 atom stereocenters. The molecule has 7 nitrogen and oxygen atoms in total. The summed E-state index contributed by atoms with van der Waals surface area (Å²) in [7, 11) is -1.36. The molecule has 1 rings (SSSR count). The van der Waals surface area contributed by atoms with Crippen molar-refractivity contribution in [2.24, 2.45) is 0 Å². The van der Waals surface area contributed by atoms with Gasteiger partial charge >= 0.3 is 0 Å². The zero-order valence-electron chi connectivity index (χ0n) is 14.1. The third-order valence-corrected chi connectivity index (χ3v) is 5.30. The summed E-state index contributed by atoms with van der Waals surface area (Å²) in [4.78, 5) is 26.9. The Morgan fingerprint density at radius 1 is 1.30 bits per heavy atom. The van der Waals surface area contributed by atoms with Gasteiger partial charge in [-0.2, -0.15) is 0 Å². The molecule has 0 spiro atoms. The first-order valence-electron chi connectivity index (χ1n) is 7.57. The lowest BCUT2D eigenvalue weighted by Crippen LogP contribution is -2.50. The second kappa shape index (κ2) is 7.57. The Morgan fingerprint density at radius 2 is 1.83 bits per heavy atom. The first-order chi connectivity index (χ1) is 10.4. The average Bonchev–Trinajstić information content (AvgIpc) is 2.39. The second-order valence-electron chi connectivity index (χ2n) is 6.55. The summed E-state index contributed by atoms with van der Waals surface area (Å²) in [5.74, 6) is -0.735. The highest BCUT2D eigenvalue weighted by Crippen LogP contribution is 2.08. The molecule has 0 saturated carbocycles. The first kappa shape index (κ1) is 19.8. The van der Waals surface area contributed by atoms with Gasteiger partial charge < -0.3 is 10.2 Å². The minimum absolute atomic E-state index is 0.0715. The van der Waals surface area contributed by atoms with Crippen LogP contribution >= 0.6 is 0 Å². The van der Waals surface area contributed by atoms with Crippen LogP contribution in [0.5, 0.6) is 0 Å². The average molecular weight is 351 g/mol. The summed E-state index contributed by atoms with van der Waals surface area (Å²) in [6, 6.07) is -0.381. The van der Waals surface area contributed by atoms with Crippen LogP contribution in [-0.4, -0.2) is 86.5 Å². The van der Waals surface area contributed by atoms with E-state index in [-0.39, 0.29) is 36.5 Å². The number of sulfone groups is 1. The smallest absolute Gasteiger partial charge is 0.257 e.